The van der Waals surface area contributed by atoms with Gasteiger partial charge in [-0.2, -0.15) is 0 Å². The second-order valence-corrected chi connectivity index (χ2v) is 4.04. The lowest BCUT2D eigenvalue weighted by molar-refractivity contribution is -0.157. The third-order valence-electron chi connectivity index (χ3n) is 2.15. The second-order valence-electron chi connectivity index (χ2n) is 4.04. The van der Waals surface area contributed by atoms with Crippen molar-refractivity contribution in [2.45, 2.75) is 33.8 Å². The Labute approximate surface area is 77.6 Å². The summed E-state index contributed by atoms with van der Waals surface area (Å²) in [5, 5.41) is 18.1. The highest BCUT2D eigenvalue weighted by Gasteiger charge is 2.40. The van der Waals surface area contributed by atoms with Crippen LogP contribution in [0, 0.1) is 11.3 Å². The molecule has 0 aromatic rings. The van der Waals surface area contributed by atoms with Crippen LogP contribution >= 0.6 is 0 Å². The van der Waals surface area contributed by atoms with Crippen LogP contribution in [0.1, 0.15) is 27.7 Å². The lowest BCUT2D eigenvalue weighted by atomic mass is 9.77. The van der Waals surface area contributed by atoms with Crippen molar-refractivity contribution in [3.8, 4) is 0 Å². The van der Waals surface area contributed by atoms with Gasteiger partial charge in [0.15, 0.2) is 0 Å². The van der Waals surface area contributed by atoms with Crippen LogP contribution in [0.2, 0.25) is 0 Å². The molecule has 0 aliphatic carbocycles. The van der Waals surface area contributed by atoms with Crippen molar-refractivity contribution in [2.24, 2.45) is 11.3 Å². The highest BCUT2D eigenvalue weighted by Crippen LogP contribution is 2.27. The molecule has 0 aromatic heterocycles. The van der Waals surface area contributed by atoms with Crippen LogP contribution in [-0.2, 0) is 9.59 Å². The van der Waals surface area contributed by atoms with Gasteiger partial charge in [-0.3, -0.25) is 4.79 Å². The number of hydrogen-bond acceptors (Lipinski definition) is 3. The lowest BCUT2D eigenvalue weighted by Gasteiger charge is -2.29. The van der Waals surface area contributed by atoms with E-state index in [2.05, 4.69) is 0 Å². The number of hydrogen-bond donors (Lipinski definition) is 2. The van der Waals surface area contributed by atoms with Crippen LogP contribution in [0.15, 0.2) is 0 Å². The molecule has 0 fully saturated rings. The van der Waals surface area contributed by atoms with E-state index >= 15 is 0 Å². The van der Waals surface area contributed by atoms with Crippen molar-refractivity contribution < 1.29 is 19.8 Å². The molecular formula is C9H16O4. The summed E-state index contributed by atoms with van der Waals surface area (Å²) >= 11 is 0. The molecule has 0 saturated carbocycles. The molecule has 0 amide bonds. The highest BCUT2D eigenvalue weighted by molar-refractivity contribution is 6.34. The molecule has 0 aromatic carbocycles. The fourth-order valence-electron chi connectivity index (χ4n) is 1.24. The number of aliphatic hydroxyl groups excluding tert-OH is 1. The van der Waals surface area contributed by atoms with E-state index in [1.165, 1.54) is 13.8 Å². The quantitative estimate of drug-likeness (QED) is 0.636. The molecule has 0 spiro atoms. The summed E-state index contributed by atoms with van der Waals surface area (Å²) in [5.74, 6) is -2.59. The minimum atomic E-state index is -1.50. The molecular weight excluding hydrogens is 172 g/mol. The van der Waals surface area contributed by atoms with Crippen molar-refractivity contribution >= 4 is 11.8 Å². The SMILES string of the molecule is CC(C)C(O)C(C)(C)C(=O)C(=O)O. The number of carbonyl (C=O) groups is 2. The zero-order chi connectivity index (χ0) is 10.8. The van der Waals surface area contributed by atoms with Crippen LogP contribution < -0.4 is 0 Å². The molecule has 2 N–H and O–H groups in total. The monoisotopic (exact) mass is 188 g/mol. The van der Waals surface area contributed by atoms with E-state index in [9.17, 15) is 14.7 Å². The number of carbonyl (C=O) groups excluding carboxylic acids is 1. The van der Waals surface area contributed by atoms with Crippen molar-refractivity contribution in [2.75, 3.05) is 0 Å². The second kappa shape index (κ2) is 3.87. The summed E-state index contributed by atoms with van der Waals surface area (Å²) in [5.41, 5.74) is -1.22. The molecule has 76 valence electrons. The largest absolute Gasteiger partial charge is 0.475 e. The minimum absolute atomic E-state index is 0.140. The van der Waals surface area contributed by atoms with E-state index in [0.717, 1.165) is 0 Å². The average molecular weight is 188 g/mol. The smallest absolute Gasteiger partial charge is 0.372 e. The summed E-state index contributed by atoms with van der Waals surface area (Å²) in [7, 11) is 0. The first-order chi connectivity index (χ1) is 5.71. The Morgan fingerprint density at radius 2 is 1.62 bits per heavy atom. The van der Waals surface area contributed by atoms with Gasteiger partial charge in [-0.05, 0) is 19.8 Å². The van der Waals surface area contributed by atoms with E-state index in [0.29, 0.717) is 0 Å². The first-order valence-corrected chi connectivity index (χ1v) is 4.17. The Morgan fingerprint density at radius 1 is 1.23 bits per heavy atom. The Morgan fingerprint density at radius 3 is 1.85 bits per heavy atom. The van der Waals surface area contributed by atoms with Gasteiger partial charge in [-0.1, -0.05) is 13.8 Å². The summed E-state index contributed by atoms with van der Waals surface area (Å²) in [6, 6.07) is 0. The first-order valence-electron chi connectivity index (χ1n) is 4.17. The molecule has 0 heterocycles. The molecule has 0 aliphatic heterocycles. The van der Waals surface area contributed by atoms with Gasteiger partial charge in [0.1, 0.15) is 0 Å². The number of Topliss-reactive ketones (excluding diaryl/α,β-unsaturated/α-hetero) is 1. The van der Waals surface area contributed by atoms with Crippen LogP contribution in [0.3, 0.4) is 0 Å². The molecule has 0 bridgehead atoms. The number of aliphatic hydroxyl groups is 1. The molecule has 0 rings (SSSR count). The van der Waals surface area contributed by atoms with Gasteiger partial charge < -0.3 is 10.2 Å². The van der Waals surface area contributed by atoms with E-state index in [1.807, 2.05) is 0 Å². The summed E-state index contributed by atoms with van der Waals surface area (Å²) in [4.78, 5) is 21.6. The fourth-order valence-corrected chi connectivity index (χ4v) is 1.24. The number of carboxylic acid groups (broad SMARTS) is 1. The topological polar surface area (TPSA) is 74.6 Å². The number of carboxylic acids is 1. The molecule has 13 heavy (non-hydrogen) atoms. The van der Waals surface area contributed by atoms with Crippen LogP contribution in [0.25, 0.3) is 0 Å². The zero-order valence-electron chi connectivity index (χ0n) is 8.37. The molecule has 0 saturated heterocycles. The minimum Gasteiger partial charge on any atom is -0.475 e. The highest BCUT2D eigenvalue weighted by atomic mass is 16.4. The average Bonchev–Trinajstić information content (AvgIpc) is 2.01. The van der Waals surface area contributed by atoms with Gasteiger partial charge in [-0.15, -0.1) is 0 Å². The third kappa shape index (κ3) is 2.52. The molecule has 0 aliphatic rings. The summed E-state index contributed by atoms with van der Waals surface area (Å²) in [6.45, 7) is 6.35. The maximum absolute atomic E-state index is 11.2. The first kappa shape index (κ1) is 12.1. The van der Waals surface area contributed by atoms with E-state index in [1.54, 1.807) is 13.8 Å². The van der Waals surface area contributed by atoms with Crippen LogP contribution in [0.5, 0.6) is 0 Å². The van der Waals surface area contributed by atoms with Gasteiger partial charge in [0.2, 0.25) is 5.78 Å². The third-order valence-corrected chi connectivity index (χ3v) is 2.15. The molecule has 1 unspecified atom stereocenters. The number of rotatable bonds is 4. The van der Waals surface area contributed by atoms with Gasteiger partial charge in [0.05, 0.1) is 11.5 Å². The van der Waals surface area contributed by atoms with Crippen molar-refractivity contribution in [3.05, 3.63) is 0 Å². The standard InChI is InChI=1S/C9H16O4/c1-5(2)6(10)9(3,4)7(11)8(12)13/h5-6,10H,1-4H3,(H,12,13). The fraction of sp³-hybridized carbons (Fsp3) is 0.778. The van der Waals surface area contributed by atoms with Crippen molar-refractivity contribution in [1.82, 2.24) is 0 Å². The molecule has 4 heteroatoms. The zero-order valence-corrected chi connectivity index (χ0v) is 8.37. The van der Waals surface area contributed by atoms with E-state index < -0.39 is 23.3 Å². The Hall–Kier alpha value is -0.900. The molecule has 1 atom stereocenters. The Bertz CT molecular complexity index is 218. The summed E-state index contributed by atoms with van der Waals surface area (Å²) < 4.78 is 0. The van der Waals surface area contributed by atoms with Crippen LogP contribution in [-0.4, -0.2) is 28.1 Å². The van der Waals surface area contributed by atoms with Gasteiger partial charge in [0.25, 0.3) is 0 Å². The van der Waals surface area contributed by atoms with E-state index in [-0.39, 0.29) is 5.92 Å². The maximum atomic E-state index is 11.2. The maximum Gasteiger partial charge on any atom is 0.372 e. The van der Waals surface area contributed by atoms with Gasteiger partial charge in [-0.25, -0.2) is 4.79 Å². The predicted octanol–water partition coefficient (Wildman–Crippen LogP) is 0.683. The normalized spacial score (nSPS) is 14.3. The van der Waals surface area contributed by atoms with Crippen LogP contribution in [0.4, 0.5) is 0 Å². The number of aliphatic carboxylic acids is 1. The molecule has 0 radical (unpaired) electrons. The van der Waals surface area contributed by atoms with E-state index in [4.69, 9.17) is 5.11 Å². The Balaban J connectivity index is 4.75. The number of ketones is 1. The van der Waals surface area contributed by atoms with Gasteiger partial charge >= 0.3 is 5.97 Å². The van der Waals surface area contributed by atoms with Crippen molar-refractivity contribution in [1.29, 1.82) is 0 Å². The molecule has 4 nitrogen and oxygen atoms in total. The predicted molar refractivity (Wildman–Crippen MR) is 47.3 cm³/mol. The lowest BCUT2D eigenvalue weighted by Crippen LogP contribution is -2.43. The summed E-state index contributed by atoms with van der Waals surface area (Å²) in [6.07, 6.45) is -0.934. The Kier molecular flexibility index (Phi) is 3.60. The van der Waals surface area contributed by atoms with Crippen molar-refractivity contribution in [3.63, 3.8) is 0 Å². The van der Waals surface area contributed by atoms with Gasteiger partial charge in [0, 0.05) is 0 Å².